The van der Waals surface area contributed by atoms with Crippen molar-refractivity contribution in [1.29, 1.82) is 0 Å². The summed E-state index contributed by atoms with van der Waals surface area (Å²) < 4.78 is 7.10. The van der Waals surface area contributed by atoms with Crippen LogP contribution in [0.15, 0.2) is 52.8 Å². The summed E-state index contributed by atoms with van der Waals surface area (Å²) in [5, 5.41) is 1.19. The first kappa shape index (κ1) is 38.5. The topological polar surface area (TPSA) is 43.4 Å². The fourth-order valence-corrected chi connectivity index (χ4v) is 11.7. The molecule has 5 rings (SSSR count). The summed E-state index contributed by atoms with van der Waals surface area (Å²) in [6.07, 6.45) is 13.4. The summed E-state index contributed by atoms with van der Waals surface area (Å²) in [5.74, 6) is 3.64. The van der Waals surface area contributed by atoms with E-state index in [0.29, 0.717) is 0 Å². The molecule has 0 bridgehead atoms. The summed E-state index contributed by atoms with van der Waals surface area (Å²) in [6.45, 7) is 27.2. The van der Waals surface area contributed by atoms with Crippen LogP contribution in [0.2, 0.25) is 19.6 Å². The molecular formula is C46H66O3Si. The van der Waals surface area contributed by atoms with Gasteiger partial charge in [-0.1, -0.05) is 117 Å². The van der Waals surface area contributed by atoms with Gasteiger partial charge < -0.3 is 4.74 Å². The first-order valence-corrected chi connectivity index (χ1v) is 23.4. The van der Waals surface area contributed by atoms with Crippen molar-refractivity contribution in [2.24, 2.45) is 17.8 Å². The lowest BCUT2D eigenvalue weighted by molar-refractivity contribution is -0.120. The number of allylic oxidation sites excluding steroid dienone is 3. The van der Waals surface area contributed by atoms with Crippen molar-refractivity contribution < 1.29 is 14.3 Å². The number of hydrogen-bond donors (Lipinski definition) is 0. The van der Waals surface area contributed by atoms with Gasteiger partial charge in [0.2, 0.25) is 0 Å². The predicted molar refractivity (Wildman–Crippen MR) is 214 cm³/mol. The molecule has 3 aliphatic rings. The van der Waals surface area contributed by atoms with E-state index in [0.717, 1.165) is 92.9 Å². The number of benzene rings is 2. The zero-order valence-electron chi connectivity index (χ0n) is 33.6. The van der Waals surface area contributed by atoms with Crippen molar-refractivity contribution in [2.45, 2.75) is 164 Å². The van der Waals surface area contributed by atoms with Crippen molar-refractivity contribution in [3.05, 3.63) is 75.1 Å². The number of carbonyl (C=O) groups is 2. The molecule has 272 valence electrons. The van der Waals surface area contributed by atoms with Gasteiger partial charge in [0.25, 0.3) is 0 Å². The van der Waals surface area contributed by atoms with Crippen molar-refractivity contribution in [3.8, 4) is 11.1 Å². The zero-order valence-corrected chi connectivity index (χ0v) is 34.6. The van der Waals surface area contributed by atoms with E-state index in [1.54, 1.807) is 0 Å². The van der Waals surface area contributed by atoms with Gasteiger partial charge in [-0.3, -0.25) is 9.59 Å². The molecule has 4 heteroatoms. The Bertz CT molecular complexity index is 1700. The molecule has 0 radical (unpaired) electrons. The van der Waals surface area contributed by atoms with Crippen molar-refractivity contribution in [2.75, 3.05) is 0 Å². The summed E-state index contributed by atoms with van der Waals surface area (Å²) in [7, 11) is -2.00. The second-order valence-electron chi connectivity index (χ2n) is 18.4. The molecule has 0 amide bonds. The molecule has 1 fully saturated rings. The van der Waals surface area contributed by atoms with Gasteiger partial charge in [0, 0.05) is 22.3 Å². The second kappa shape index (κ2) is 14.7. The fourth-order valence-electron chi connectivity index (χ4n) is 9.47. The van der Waals surface area contributed by atoms with E-state index in [2.05, 4.69) is 87.2 Å². The van der Waals surface area contributed by atoms with Crippen LogP contribution in [-0.2, 0) is 14.9 Å². The highest BCUT2D eigenvalue weighted by molar-refractivity contribution is 6.90. The summed E-state index contributed by atoms with van der Waals surface area (Å²) >= 11 is 0. The highest BCUT2D eigenvalue weighted by atomic mass is 28.3. The van der Waals surface area contributed by atoms with Crippen molar-refractivity contribution >= 4 is 24.8 Å². The number of ketones is 2. The number of rotatable bonds is 14. The zero-order chi connectivity index (χ0) is 36.8. The largest absolute Gasteiger partial charge is 0.487 e. The van der Waals surface area contributed by atoms with E-state index in [4.69, 9.17) is 4.74 Å². The highest BCUT2D eigenvalue weighted by Gasteiger charge is 2.49. The molecule has 4 atom stereocenters. The van der Waals surface area contributed by atoms with Gasteiger partial charge in [-0.15, -0.1) is 0 Å². The summed E-state index contributed by atoms with van der Waals surface area (Å²) in [5.41, 5.74) is 7.62. The molecule has 2 aromatic rings. The Hall–Kier alpha value is -2.72. The van der Waals surface area contributed by atoms with Gasteiger partial charge in [0.15, 0.2) is 11.6 Å². The second-order valence-corrected chi connectivity index (χ2v) is 23.4. The Labute approximate surface area is 305 Å². The number of Topliss-reactive ketones (excluding diaryl/α,β-unsaturated/α-hetero) is 1. The maximum absolute atomic E-state index is 14.6. The van der Waals surface area contributed by atoms with Crippen molar-refractivity contribution in [3.63, 3.8) is 0 Å². The quantitative estimate of drug-likeness (QED) is 0.158. The molecule has 0 unspecified atom stereocenters. The third-order valence-electron chi connectivity index (χ3n) is 12.7. The maximum Gasteiger partial charge on any atom is 0.194 e. The normalized spacial score (nSPS) is 23.2. The Morgan fingerprint density at radius 1 is 0.800 bits per heavy atom. The van der Waals surface area contributed by atoms with Crippen LogP contribution in [0.25, 0.3) is 11.1 Å². The Balaban J connectivity index is 1.37. The van der Waals surface area contributed by atoms with E-state index < -0.39 is 13.5 Å². The smallest absolute Gasteiger partial charge is 0.194 e. The maximum atomic E-state index is 14.6. The van der Waals surface area contributed by atoms with Crippen LogP contribution >= 0.6 is 0 Å². The van der Waals surface area contributed by atoms with E-state index in [-0.39, 0.29) is 17.2 Å². The number of ether oxygens (including phenoxy) is 1. The van der Waals surface area contributed by atoms with Gasteiger partial charge in [-0.05, 0) is 117 Å². The van der Waals surface area contributed by atoms with Crippen LogP contribution in [-0.4, -0.2) is 25.2 Å². The average Bonchev–Trinajstić information content (AvgIpc) is 3.32. The lowest BCUT2D eigenvalue weighted by Crippen LogP contribution is -2.47. The Kier molecular flexibility index (Phi) is 11.3. The van der Waals surface area contributed by atoms with Crippen LogP contribution in [0.4, 0.5) is 0 Å². The van der Waals surface area contributed by atoms with E-state index in [1.165, 1.54) is 56.6 Å². The van der Waals surface area contributed by atoms with Crippen LogP contribution in [0.5, 0.6) is 0 Å². The van der Waals surface area contributed by atoms with Crippen LogP contribution in [0, 0.1) is 24.7 Å². The molecule has 1 saturated heterocycles. The first-order chi connectivity index (χ1) is 23.4. The average molecular weight is 695 g/mol. The minimum absolute atomic E-state index is 0.128. The SMILES string of the molecule is CC1=C2CC[C@@](C)(CCC[C@H](C)CCC[C@H](C)CCCC(C)C)OC2=C(C)[C@@](C)(c2cc3c(c([Si](C)(C)C)c2C)C(=O)c2ccccc2-3)C1=O. The predicted octanol–water partition coefficient (Wildman–Crippen LogP) is 12.2. The highest BCUT2D eigenvalue weighted by Crippen LogP contribution is 2.51. The van der Waals surface area contributed by atoms with Crippen LogP contribution < -0.4 is 5.19 Å². The Morgan fingerprint density at radius 3 is 1.98 bits per heavy atom. The molecule has 0 N–H and O–H groups in total. The fraction of sp³-hybridized carbons (Fsp3) is 0.609. The van der Waals surface area contributed by atoms with E-state index in [1.807, 2.05) is 25.1 Å². The molecule has 3 nitrogen and oxygen atoms in total. The van der Waals surface area contributed by atoms with Crippen LogP contribution in [0.1, 0.15) is 153 Å². The minimum atomic E-state index is -2.00. The van der Waals surface area contributed by atoms with Gasteiger partial charge in [0.1, 0.15) is 11.4 Å². The number of carbonyl (C=O) groups excluding carboxylic acids is 2. The summed E-state index contributed by atoms with van der Waals surface area (Å²) in [6, 6.07) is 10.2. The number of fused-ring (bicyclic) bond motifs is 4. The van der Waals surface area contributed by atoms with Gasteiger partial charge in [-0.2, -0.15) is 0 Å². The first-order valence-electron chi connectivity index (χ1n) is 19.9. The molecule has 0 saturated carbocycles. The molecule has 1 heterocycles. The lowest BCUT2D eigenvalue weighted by atomic mass is 9.64. The third kappa shape index (κ3) is 7.30. The van der Waals surface area contributed by atoms with Crippen LogP contribution in [0.3, 0.4) is 0 Å². The van der Waals surface area contributed by atoms with E-state index >= 15 is 0 Å². The monoisotopic (exact) mass is 694 g/mol. The standard InChI is InChI=1S/C46H66O3Si/c1-29(2)18-15-19-30(3)20-16-21-31(4)22-17-26-45(8)27-25-35-32(5)44(48)46(9,34(7)42(35)49-45)39-28-38-36-23-13-14-24-37(36)41(47)40(38)43(33(39)6)50(10,11)12/h13-14,23-24,28-31H,15-22,25-27H2,1-12H3/t30-,31-,45-,46+/m1/s1. The molecule has 2 aliphatic carbocycles. The van der Waals surface area contributed by atoms with Crippen molar-refractivity contribution in [1.82, 2.24) is 0 Å². The summed E-state index contributed by atoms with van der Waals surface area (Å²) in [4.78, 5) is 28.5. The van der Waals surface area contributed by atoms with Gasteiger partial charge in [-0.25, -0.2) is 0 Å². The van der Waals surface area contributed by atoms with Gasteiger partial charge in [0.05, 0.1) is 13.5 Å². The van der Waals surface area contributed by atoms with Gasteiger partial charge >= 0.3 is 0 Å². The lowest BCUT2D eigenvalue weighted by Gasteiger charge is -2.45. The van der Waals surface area contributed by atoms with E-state index in [9.17, 15) is 9.59 Å². The molecule has 0 spiro atoms. The molecule has 2 aromatic carbocycles. The third-order valence-corrected chi connectivity index (χ3v) is 14.8. The molecule has 0 aromatic heterocycles. The number of hydrogen-bond acceptors (Lipinski definition) is 3. The molecule has 1 aliphatic heterocycles. The molecule has 50 heavy (non-hydrogen) atoms. The minimum Gasteiger partial charge on any atom is -0.487 e. The Morgan fingerprint density at radius 2 is 1.38 bits per heavy atom. The molecular weight excluding hydrogens is 629 g/mol.